The molecule has 1 aliphatic carbocycles. The van der Waals surface area contributed by atoms with E-state index < -0.39 is 6.04 Å². The summed E-state index contributed by atoms with van der Waals surface area (Å²) in [4.78, 5) is 26.1. The number of nitrogens with zero attached hydrogens (tertiary/aromatic N) is 3. The molecule has 6 heteroatoms. The number of fused-ring (bicyclic) bond motifs is 3. The molecule has 1 unspecified atom stereocenters. The molecule has 1 saturated carbocycles. The molecule has 0 spiro atoms. The highest BCUT2D eigenvalue weighted by Gasteiger charge is 2.27. The number of carbonyl (C=O) groups is 1. The molecule has 0 bridgehead atoms. The third-order valence-corrected chi connectivity index (χ3v) is 5.76. The molecule has 1 fully saturated rings. The number of hydrogen-bond donors (Lipinski definition) is 1. The maximum Gasteiger partial charge on any atom is 0.291 e. The minimum absolute atomic E-state index is 0.00548. The Bertz CT molecular complexity index is 1040. The number of rotatable bonds is 4. The van der Waals surface area contributed by atoms with Gasteiger partial charge in [0.05, 0.1) is 11.7 Å². The second-order valence-electron chi connectivity index (χ2n) is 7.49. The number of carbonyl (C=O) groups excluding carboxylic acids is 1. The number of aryl methyl sites for hydroxylation is 1. The maximum atomic E-state index is 13.2. The highest BCUT2D eigenvalue weighted by Crippen LogP contribution is 2.31. The average molecular weight is 366 g/mol. The van der Waals surface area contributed by atoms with Gasteiger partial charge in [0.15, 0.2) is 0 Å². The summed E-state index contributed by atoms with van der Waals surface area (Å²) in [5.41, 5.74) is 1.29. The zero-order valence-electron chi connectivity index (χ0n) is 15.9. The van der Waals surface area contributed by atoms with Gasteiger partial charge in [-0.05, 0) is 25.3 Å². The first-order valence-corrected chi connectivity index (χ1v) is 9.87. The van der Waals surface area contributed by atoms with Crippen molar-refractivity contribution in [2.75, 3.05) is 0 Å². The minimum Gasteiger partial charge on any atom is -0.352 e. The molecule has 1 amide bonds. The highest BCUT2D eigenvalue weighted by molar-refractivity contribution is 6.08. The lowest BCUT2D eigenvalue weighted by atomic mass is 9.95. The van der Waals surface area contributed by atoms with Crippen molar-refractivity contribution in [3.8, 4) is 0 Å². The Balaban J connectivity index is 1.85. The van der Waals surface area contributed by atoms with Crippen molar-refractivity contribution in [3.05, 3.63) is 40.8 Å². The zero-order valence-corrected chi connectivity index (χ0v) is 15.9. The van der Waals surface area contributed by atoms with E-state index in [9.17, 15) is 9.59 Å². The van der Waals surface area contributed by atoms with Gasteiger partial charge >= 0.3 is 0 Å². The molecule has 1 N–H and O–H groups in total. The van der Waals surface area contributed by atoms with Gasteiger partial charge in [-0.25, -0.2) is 4.68 Å². The molecule has 1 atom stereocenters. The third-order valence-electron chi connectivity index (χ3n) is 5.76. The van der Waals surface area contributed by atoms with Gasteiger partial charge in [-0.1, -0.05) is 44.4 Å². The van der Waals surface area contributed by atoms with E-state index in [1.54, 1.807) is 13.2 Å². The van der Waals surface area contributed by atoms with Gasteiger partial charge < -0.3 is 9.88 Å². The van der Waals surface area contributed by atoms with E-state index in [1.807, 2.05) is 35.8 Å². The molecule has 0 saturated heterocycles. The first kappa shape index (κ1) is 17.8. The number of amides is 1. The maximum absolute atomic E-state index is 13.2. The molecular formula is C21H26N4O2. The van der Waals surface area contributed by atoms with Gasteiger partial charge in [0.1, 0.15) is 11.6 Å². The van der Waals surface area contributed by atoms with Gasteiger partial charge in [0.2, 0.25) is 5.91 Å². The van der Waals surface area contributed by atoms with E-state index in [1.165, 1.54) is 23.9 Å². The van der Waals surface area contributed by atoms with Crippen LogP contribution in [0.2, 0.25) is 0 Å². The Kier molecular flexibility index (Phi) is 4.72. The number of benzene rings is 1. The van der Waals surface area contributed by atoms with E-state index in [0.29, 0.717) is 11.9 Å². The van der Waals surface area contributed by atoms with Crippen LogP contribution in [0.4, 0.5) is 0 Å². The zero-order chi connectivity index (χ0) is 19.0. The fourth-order valence-corrected chi connectivity index (χ4v) is 4.34. The van der Waals surface area contributed by atoms with Gasteiger partial charge in [0.25, 0.3) is 5.56 Å². The molecule has 1 aromatic carbocycles. The van der Waals surface area contributed by atoms with Gasteiger partial charge in [-0.2, -0.15) is 5.10 Å². The molecular weight excluding hydrogens is 340 g/mol. The van der Waals surface area contributed by atoms with Gasteiger partial charge in [-0.3, -0.25) is 9.59 Å². The predicted octanol–water partition coefficient (Wildman–Crippen LogP) is 3.29. The second-order valence-corrected chi connectivity index (χ2v) is 7.49. The summed E-state index contributed by atoms with van der Waals surface area (Å²) in [5.74, 6) is 0.00548. The van der Waals surface area contributed by atoms with E-state index in [2.05, 4.69) is 10.4 Å². The summed E-state index contributed by atoms with van der Waals surface area (Å²) in [5, 5.41) is 9.18. The van der Waals surface area contributed by atoms with Crippen LogP contribution in [0.25, 0.3) is 21.8 Å². The van der Waals surface area contributed by atoms with E-state index in [-0.39, 0.29) is 17.5 Å². The first-order valence-electron chi connectivity index (χ1n) is 9.87. The lowest BCUT2D eigenvalue weighted by Gasteiger charge is -2.26. The number of aromatic nitrogens is 3. The van der Waals surface area contributed by atoms with Crippen molar-refractivity contribution in [2.24, 2.45) is 7.05 Å². The summed E-state index contributed by atoms with van der Waals surface area (Å²) in [6.45, 7) is 2.00. The lowest BCUT2D eigenvalue weighted by molar-refractivity contribution is -0.125. The summed E-state index contributed by atoms with van der Waals surface area (Å²) in [6, 6.07) is 7.70. The van der Waals surface area contributed by atoms with Crippen LogP contribution >= 0.6 is 0 Å². The molecule has 1 aliphatic rings. The fraction of sp³-hybridized carbons (Fsp3) is 0.476. The number of para-hydroxylation sites is 1. The van der Waals surface area contributed by atoms with Crippen molar-refractivity contribution < 1.29 is 4.79 Å². The highest BCUT2D eigenvalue weighted by atomic mass is 16.2. The summed E-state index contributed by atoms with van der Waals surface area (Å²) < 4.78 is 3.26. The Morgan fingerprint density at radius 3 is 2.70 bits per heavy atom. The topological polar surface area (TPSA) is 68.9 Å². The van der Waals surface area contributed by atoms with Crippen LogP contribution in [-0.4, -0.2) is 26.3 Å². The Hall–Kier alpha value is -2.63. The molecule has 142 valence electrons. The monoisotopic (exact) mass is 366 g/mol. The quantitative estimate of drug-likeness (QED) is 0.770. The van der Waals surface area contributed by atoms with Crippen LogP contribution in [0.1, 0.15) is 51.5 Å². The van der Waals surface area contributed by atoms with Crippen LogP contribution < -0.4 is 10.9 Å². The van der Waals surface area contributed by atoms with Crippen LogP contribution in [0, 0.1) is 0 Å². The SMILES string of the molecule is CCC(C(=O)NC1CCCCC1)n1c2ccccc2c2cnn(C)c(=O)c21. The Morgan fingerprint density at radius 1 is 1.22 bits per heavy atom. The molecule has 4 rings (SSSR count). The fourth-order valence-electron chi connectivity index (χ4n) is 4.34. The normalized spacial score (nSPS) is 16.7. The smallest absolute Gasteiger partial charge is 0.291 e. The van der Waals surface area contributed by atoms with E-state index >= 15 is 0 Å². The number of nitrogens with one attached hydrogen (secondary N) is 1. The largest absolute Gasteiger partial charge is 0.352 e. The van der Waals surface area contributed by atoms with Crippen molar-refractivity contribution in [1.82, 2.24) is 19.7 Å². The number of hydrogen-bond acceptors (Lipinski definition) is 3. The minimum atomic E-state index is -0.413. The summed E-state index contributed by atoms with van der Waals surface area (Å²) in [7, 11) is 1.65. The van der Waals surface area contributed by atoms with Crippen molar-refractivity contribution in [1.29, 1.82) is 0 Å². The van der Waals surface area contributed by atoms with Gasteiger partial charge in [-0.15, -0.1) is 0 Å². The molecule has 0 radical (unpaired) electrons. The molecule has 6 nitrogen and oxygen atoms in total. The molecule has 0 aliphatic heterocycles. The van der Waals surface area contributed by atoms with Gasteiger partial charge in [0, 0.05) is 23.9 Å². The van der Waals surface area contributed by atoms with Crippen LogP contribution in [0.3, 0.4) is 0 Å². The van der Waals surface area contributed by atoms with Crippen molar-refractivity contribution in [3.63, 3.8) is 0 Å². The second kappa shape index (κ2) is 7.18. The average Bonchev–Trinajstić information content (AvgIpc) is 3.01. The standard InChI is InChI=1S/C21H26N4O2/c1-3-17(20(26)23-14-9-5-4-6-10-14)25-18-12-8-7-11-15(18)16-13-22-24(2)21(27)19(16)25/h7-8,11-14,17H,3-6,9-10H2,1-2H3,(H,23,26). The molecule has 3 aromatic rings. The molecule has 2 heterocycles. The summed E-state index contributed by atoms with van der Waals surface area (Å²) in [6.07, 6.45) is 8.02. The van der Waals surface area contributed by atoms with E-state index in [4.69, 9.17) is 0 Å². The third kappa shape index (κ3) is 3.03. The van der Waals surface area contributed by atoms with Crippen LogP contribution in [0.15, 0.2) is 35.3 Å². The Labute approximate surface area is 158 Å². The Morgan fingerprint density at radius 2 is 1.96 bits per heavy atom. The first-order chi connectivity index (χ1) is 13.1. The molecule has 27 heavy (non-hydrogen) atoms. The summed E-state index contributed by atoms with van der Waals surface area (Å²) >= 11 is 0. The molecule has 2 aromatic heterocycles. The predicted molar refractivity (Wildman–Crippen MR) is 107 cm³/mol. The van der Waals surface area contributed by atoms with Crippen LogP contribution in [-0.2, 0) is 11.8 Å². The van der Waals surface area contributed by atoms with Crippen molar-refractivity contribution in [2.45, 2.75) is 57.5 Å². The van der Waals surface area contributed by atoms with Crippen molar-refractivity contribution >= 4 is 27.7 Å². The van der Waals surface area contributed by atoms with Crippen LogP contribution in [0.5, 0.6) is 0 Å². The lowest BCUT2D eigenvalue weighted by Crippen LogP contribution is -2.41. The van der Waals surface area contributed by atoms with E-state index in [0.717, 1.165) is 29.1 Å².